The minimum atomic E-state index is 0.353. The summed E-state index contributed by atoms with van der Waals surface area (Å²) in [6.07, 6.45) is 3.23. The van der Waals surface area contributed by atoms with Gasteiger partial charge in [0.1, 0.15) is 5.82 Å². The average Bonchev–Trinajstić information content (AvgIpc) is 3.05. The molecule has 2 aliphatic heterocycles. The zero-order valence-corrected chi connectivity index (χ0v) is 13.1. The molecule has 1 aromatic heterocycles. The highest BCUT2D eigenvalue weighted by Crippen LogP contribution is 2.23. The van der Waals surface area contributed by atoms with Crippen molar-refractivity contribution >= 4 is 5.82 Å². The van der Waals surface area contributed by atoms with Gasteiger partial charge in [-0.3, -0.25) is 4.90 Å². The molecule has 0 spiro atoms. The Morgan fingerprint density at radius 3 is 2.76 bits per heavy atom. The first-order chi connectivity index (χ1) is 10.3. The van der Waals surface area contributed by atoms with Crippen molar-refractivity contribution in [2.45, 2.75) is 25.4 Å². The van der Waals surface area contributed by atoms with Crippen LogP contribution in [0.15, 0.2) is 18.3 Å². The van der Waals surface area contributed by atoms with Crippen molar-refractivity contribution in [3.8, 4) is 0 Å². The Hall–Kier alpha value is -1.17. The molecule has 5 nitrogen and oxygen atoms in total. The summed E-state index contributed by atoms with van der Waals surface area (Å²) in [7, 11) is 1.98. The summed E-state index contributed by atoms with van der Waals surface area (Å²) in [5, 5.41) is 3.25. The molecular weight excluding hydrogens is 264 g/mol. The molecule has 2 unspecified atom stereocenters. The van der Waals surface area contributed by atoms with Gasteiger partial charge in [-0.2, -0.15) is 0 Å². The van der Waals surface area contributed by atoms with Gasteiger partial charge in [0.25, 0.3) is 0 Å². The first kappa shape index (κ1) is 14.8. The SMILES string of the molecule is CNC(C)c1ccc(N2CCC(N3CCOCC3)C2)nc1. The Labute approximate surface area is 127 Å². The van der Waals surface area contributed by atoms with Crippen molar-refractivity contribution in [1.29, 1.82) is 0 Å². The number of nitrogens with one attached hydrogen (secondary N) is 1. The zero-order chi connectivity index (χ0) is 14.7. The van der Waals surface area contributed by atoms with E-state index in [-0.39, 0.29) is 0 Å². The monoisotopic (exact) mass is 290 g/mol. The second-order valence-electron chi connectivity index (χ2n) is 6.00. The molecule has 2 atom stereocenters. The number of nitrogens with zero attached hydrogens (tertiary/aromatic N) is 3. The van der Waals surface area contributed by atoms with Crippen molar-refractivity contribution in [2.75, 3.05) is 51.3 Å². The summed E-state index contributed by atoms with van der Waals surface area (Å²) < 4.78 is 5.44. The van der Waals surface area contributed by atoms with Gasteiger partial charge in [-0.25, -0.2) is 4.98 Å². The summed E-state index contributed by atoms with van der Waals surface area (Å²) >= 11 is 0. The number of ether oxygens (including phenoxy) is 1. The third kappa shape index (κ3) is 3.36. The number of pyridine rings is 1. The molecule has 3 heterocycles. The Morgan fingerprint density at radius 2 is 2.10 bits per heavy atom. The summed E-state index contributed by atoms with van der Waals surface area (Å²) in [5.74, 6) is 1.11. The van der Waals surface area contributed by atoms with E-state index in [0.29, 0.717) is 12.1 Å². The normalized spacial score (nSPS) is 25.2. The first-order valence-corrected chi connectivity index (χ1v) is 7.98. The summed E-state index contributed by atoms with van der Waals surface area (Å²) in [4.78, 5) is 9.63. The van der Waals surface area contributed by atoms with Gasteiger partial charge in [0, 0.05) is 44.5 Å². The first-order valence-electron chi connectivity index (χ1n) is 7.98. The second-order valence-corrected chi connectivity index (χ2v) is 6.00. The van der Waals surface area contributed by atoms with Crippen LogP contribution in [-0.2, 0) is 4.74 Å². The lowest BCUT2D eigenvalue weighted by molar-refractivity contribution is 0.0209. The predicted octanol–water partition coefficient (Wildman–Crippen LogP) is 1.27. The number of rotatable bonds is 4. The molecule has 2 saturated heterocycles. The van der Waals surface area contributed by atoms with Crippen LogP contribution >= 0.6 is 0 Å². The van der Waals surface area contributed by atoms with E-state index >= 15 is 0 Å². The molecule has 0 bridgehead atoms. The van der Waals surface area contributed by atoms with Crippen LogP contribution in [0.2, 0.25) is 0 Å². The molecule has 116 valence electrons. The molecule has 3 rings (SSSR count). The van der Waals surface area contributed by atoms with E-state index in [2.05, 4.69) is 39.2 Å². The number of morpholine rings is 1. The molecule has 2 fully saturated rings. The largest absolute Gasteiger partial charge is 0.379 e. The highest BCUT2D eigenvalue weighted by molar-refractivity contribution is 5.41. The zero-order valence-electron chi connectivity index (χ0n) is 13.1. The van der Waals surface area contributed by atoms with Gasteiger partial charge in [-0.1, -0.05) is 6.07 Å². The molecule has 1 N–H and O–H groups in total. The Morgan fingerprint density at radius 1 is 1.29 bits per heavy atom. The number of hydrogen-bond acceptors (Lipinski definition) is 5. The maximum atomic E-state index is 5.44. The molecule has 0 aliphatic carbocycles. The van der Waals surface area contributed by atoms with Crippen molar-refractivity contribution in [3.63, 3.8) is 0 Å². The lowest BCUT2D eigenvalue weighted by Gasteiger charge is -2.32. The van der Waals surface area contributed by atoms with E-state index < -0.39 is 0 Å². The lowest BCUT2D eigenvalue weighted by atomic mass is 10.1. The fourth-order valence-corrected chi connectivity index (χ4v) is 3.20. The molecule has 2 aliphatic rings. The van der Waals surface area contributed by atoms with Crippen molar-refractivity contribution < 1.29 is 4.74 Å². The van der Waals surface area contributed by atoms with Crippen LogP contribution in [0.4, 0.5) is 5.82 Å². The van der Waals surface area contributed by atoms with E-state index in [0.717, 1.165) is 45.2 Å². The smallest absolute Gasteiger partial charge is 0.128 e. The van der Waals surface area contributed by atoms with Gasteiger partial charge < -0.3 is 15.0 Å². The van der Waals surface area contributed by atoms with Crippen LogP contribution in [0, 0.1) is 0 Å². The molecular formula is C16H26N4O. The fourth-order valence-electron chi connectivity index (χ4n) is 3.20. The highest BCUT2D eigenvalue weighted by Gasteiger charge is 2.29. The van der Waals surface area contributed by atoms with Gasteiger partial charge in [0.2, 0.25) is 0 Å². The van der Waals surface area contributed by atoms with E-state index in [1.54, 1.807) is 0 Å². The molecule has 0 radical (unpaired) electrons. The van der Waals surface area contributed by atoms with E-state index in [9.17, 15) is 0 Å². The summed E-state index contributed by atoms with van der Waals surface area (Å²) in [6, 6.07) is 5.36. The third-order valence-electron chi connectivity index (χ3n) is 4.75. The summed E-state index contributed by atoms with van der Waals surface area (Å²) in [5.41, 5.74) is 1.24. The number of anilines is 1. The Bertz CT molecular complexity index is 444. The van der Waals surface area contributed by atoms with Crippen molar-refractivity contribution in [1.82, 2.24) is 15.2 Å². The fraction of sp³-hybridized carbons (Fsp3) is 0.688. The Kier molecular flexibility index (Phi) is 4.73. The van der Waals surface area contributed by atoms with Gasteiger partial charge in [0.15, 0.2) is 0 Å². The molecule has 1 aromatic rings. The van der Waals surface area contributed by atoms with Crippen LogP contribution in [0.1, 0.15) is 24.9 Å². The van der Waals surface area contributed by atoms with Crippen molar-refractivity contribution in [2.24, 2.45) is 0 Å². The van der Waals surface area contributed by atoms with Gasteiger partial charge in [-0.15, -0.1) is 0 Å². The standard InChI is InChI=1S/C16H26N4O/c1-13(17-2)14-3-4-16(18-11-14)20-6-5-15(12-20)19-7-9-21-10-8-19/h3-4,11,13,15,17H,5-10,12H2,1-2H3. The quantitative estimate of drug-likeness (QED) is 0.904. The van der Waals surface area contributed by atoms with Gasteiger partial charge in [0.05, 0.1) is 13.2 Å². The topological polar surface area (TPSA) is 40.6 Å². The predicted molar refractivity (Wildman–Crippen MR) is 84.7 cm³/mol. The molecule has 5 heteroatoms. The van der Waals surface area contributed by atoms with E-state index in [1.807, 2.05) is 13.2 Å². The number of aromatic nitrogens is 1. The maximum Gasteiger partial charge on any atom is 0.128 e. The highest BCUT2D eigenvalue weighted by atomic mass is 16.5. The molecule has 0 aromatic carbocycles. The molecule has 0 saturated carbocycles. The van der Waals surface area contributed by atoms with Crippen LogP contribution in [0.25, 0.3) is 0 Å². The second kappa shape index (κ2) is 6.73. The summed E-state index contributed by atoms with van der Waals surface area (Å²) in [6.45, 7) is 8.26. The minimum absolute atomic E-state index is 0.353. The molecule has 21 heavy (non-hydrogen) atoms. The van der Waals surface area contributed by atoms with Crippen LogP contribution in [-0.4, -0.2) is 62.4 Å². The van der Waals surface area contributed by atoms with Crippen LogP contribution < -0.4 is 10.2 Å². The van der Waals surface area contributed by atoms with Gasteiger partial charge in [-0.05, 0) is 32.0 Å². The van der Waals surface area contributed by atoms with E-state index in [4.69, 9.17) is 4.74 Å². The maximum absolute atomic E-state index is 5.44. The van der Waals surface area contributed by atoms with Crippen molar-refractivity contribution in [3.05, 3.63) is 23.9 Å². The molecule has 0 amide bonds. The average molecular weight is 290 g/mol. The lowest BCUT2D eigenvalue weighted by Crippen LogP contribution is -2.44. The third-order valence-corrected chi connectivity index (χ3v) is 4.75. The van der Waals surface area contributed by atoms with Crippen LogP contribution in [0.5, 0.6) is 0 Å². The van der Waals surface area contributed by atoms with Gasteiger partial charge >= 0.3 is 0 Å². The minimum Gasteiger partial charge on any atom is -0.379 e. The number of hydrogen-bond donors (Lipinski definition) is 1. The van der Waals surface area contributed by atoms with E-state index in [1.165, 1.54) is 12.0 Å². The Balaban J connectivity index is 1.60. The van der Waals surface area contributed by atoms with Crippen LogP contribution in [0.3, 0.4) is 0 Å².